The normalized spacial score (nSPS) is 10.0. The summed E-state index contributed by atoms with van der Waals surface area (Å²) in [7, 11) is 1.53. The number of methoxy groups -OCH3 is 1. The van der Waals surface area contributed by atoms with Crippen LogP contribution in [-0.2, 0) is 0 Å². The van der Waals surface area contributed by atoms with Crippen molar-refractivity contribution in [1.29, 1.82) is 0 Å². The molecular weight excluding hydrogens is 238 g/mol. The van der Waals surface area contributed by atoms with Gasteiger partial charge in [-0.15, -0.1) is 11.3 Å². The molecule has 0 radical (unpaired) electrons. The van der Waals surface area contributed by atoms with Crippen LogP contribution in [0.1, 0.15) is 10.4 Å². The molecule has 1 aromatic heterocycles. The summed E-state index contributed by atoms with van der Waals surface area (Å²) in [6, 6.07) is 9.00. The van der Waals surface area contributed by atoms with E-state index in [4.69, 9.17) is 9.94 Å². The molecule has 1 heterocycles. The van der Waals surface area contributed by atoms with Crippen LogP contribution in [0.5, 0.6) is 5.75 Å². The Morgan fingerprint density at radius 2 is 2.24 bits per heavy atom. The molecule has 1 aromatic carbocycles. The van der Waals surface area contributed by atoms with E-state index in [1.807, 2.05) is 17.5 Å². The average molecular weight is 249 g/mol. The highest BCUT2D eigenvalue weighted by Gasteiger charge is 2.14. The van der Waals surface area contributed by atoms with Crippen molar-refractivity contribution in [3.05, 3.63) is 41.3 Å². The zero-order chi connectivity index (χ0) is 12.3. The lowest BCUT2D eigenvalue weighted by atomic mass is 10.1. The first-order chi connectivity index (χ1) is 8.26. The van der Waals surface area contributed by atoms with E-state index in [0.29, 0.717) is 11.3 Å². The van der Waals surface area contributed by atoms with E-state index in [1.165, 1.54) is 18.4 Å². The zero-order valence-corrected chi connectivity index (χ0v) is 9.95. The molecule has 4 nitrogen and oxygen atoms in total. The highest BCUT2D eigenvalue weighted by atomic mass is 32.1. The van der Waals surface area contributed by atoms with E-state index < -0.39 is 5.91 Å². The predicted octanol–water partition coefficient (Wildman–Crippen LogP) is 2.54. The molecule has 0 fully saturated rings. The first kappa shape index (κ1) is 11.6. The van der Waals surface area contributed by atoms with Gasteiger partial charge in [0.15, 0.2) is 0 Å². The third-order valence-electron chi connectivity index (χ3n) is 2.36. The smallest absolute Gasteiger partial charge is 0.275 e. The molecule has 0 atom stereocenters. The van der Waals surface area contributed by atoms with E-state index in [1.54, 1.807) is 23.7 Å². The number of carbonyl (C=O) groups excluding carboxylic acids is 1. The molecule has 88 valence electrons. The molecule has 0 aliphatic carbocycles. The molecule has 0 spiro atoms. The number of carbonyl (C=O) groups is 1. The minimum absolute atomic E-state index is 0.384. The van der Waals surface area contributed by atoms with Crippen LogP contribution in [0.15, 0.2) is 35.7 Å². The van der Waals surface area contributed by atoms with E-state index >= 15 is 0 Å². The number of ether oxygens (including phenoxy) is 1. The van der Waals surface area contributed by atoms with E-state index in [0.717, 1.165) is 10.4 Å². The molecule has 2 rings (SSSR count). The number of amides is 1. The molecule has 0 saturated heterocycles. The van der Waals surface area contributed by atoms with Gasteiger partial charge in [-0.2, -0.15) is 0 Å². The molecule has 5 heteroatoms. The highest BCUT2D eigenvalue weighted by molar-refractivity contribution is 7.13. The summed E-state index contributed by atoms with van der Waals surface area (Å²) < 4.78 is 5.06. The Morgan fingerprint density at radius 1 is 1.41 bits per heavy atom. The zero-order valence-electron chi connectivity index (χ0n) is 9.14. The van der Waals surface area contributed by atoms with Gasteiger partial charge in [-0.05, 0) is 29.6 Å². The summed E-state index contributed by atoms with van der Waals surface area (Å²) in [6.45, 7) is 0. The molecule has 0 aliphatic rings. The molecule has 2 aromatic rings. The Bertz CT molecular complexity index is 523. The van der Waals surface area contributed by atoms with Crippen molar-refractivity contribution in [3.8, 4) is 16.2 Å². The third kappa shape index (κ3) is 2.30. The van der Waals surface area contributed by atoms with Gasteiger partial charge in [0.2, 0.25) is 0 Å². The average Bonchev–Trinajstić information content (AvgIpc) is 2.90. The maximum atomic E-state index is 11.6. The molecule has 2 N–H and O–H groups in total. The molecule has 17 heavy (non-hydrogen) atoms. The summed E-state index contributed by atoms with van der Waals surface area (Å²) in [5, 5.41) is 10.7. The van der Waals surface area contributed by atoms with Crippen molar-refractivity contribution in [1.82, 2.24) is 5.48 Å². The van der Waals surface area contributed by atoms with Crippen molar-refractivity contribution in [3.63, 3.8) is 0 Å². The fourth-order valence-corrected chi connectivity index (χ4v) is 2.31. The molecule has 0 unspecified atom stereocenters. The SMILES string of the molecule is COc1ccc(-c2cccs2)c(C(=O)NO)c1. The number of nitrogens with one attached hydrogen (secondary N) is 1. The molecule has 1 amide bonds. The Hall–Kier alpha value is -1.85. The van der Waals surface area contributed by atoms with Gasteiger partial charge in [0, 0.05) is 10.4 Å². The lowest BCUT2D eigenvalue weighted by molar-refractivity contribution is 0.0707. The summed E-state index contributed by atoms with van der Waals surface area (Å²) in [4.78, 5) is 12.5. The van der Waals surface area contributed by atoms with Gasteiger partial charge in [-0.1, -0.05) is 6.07 Å². The van der Waals surface area contributed by atoms with Crippen LogP contribution in [0.2, 0.25) is 0 Å². The number of hydrogen-bond acceptors (Lipinski definition) is 4. The molecular formula is C12H11NO3S. The van der Waals surface area contributed by atoms with Crippen LogP contribution < -0.4 is 10.2 Å². The Morgan fingerprint density at radius 3 is 2.82 bits per heavy atom. The quantitative estimate of drug-likeness (QED) is 0.649. The third-order valence-corrected chi connectivity index (χ3v) is 3.26. The lowest BCUT2D eigenvalue weighted by Crippen LogP contribution is -2.19. The molecule has 0 bridgehead atoms. The topological polar surface area (TPSA) is 58.6 Å². The van der Waals surface area contributed by atoms with Crippen molar-refractivity contribution < 1.29 is 14.7 Å². The number of hydroxylamine groups is 1. The van der Waals surface area contributed by atoms with Crippen molar-refractivity contribution in [2.24, 2.45) is 0 Å². The predicted molar refractivity (Wildman–Crippen MR) is 65.6 cm³/mol. The lowest BCUT2D eigenvalue weighted by Gasteiger charge is -2.08. The van der Waals surface area contributed by atoms with Gasteiger partial charge in [-0.3, -0.25) is 10.0 Å². The van der Waals surface area contributed by atoms with Gasteiger partial charge >= 0.3 is 0 Å². The van der Waals surface area contributed by atoms with Gasteiger partial charge in [0.1, 0.15) is 5.75 Å². The number of thiophene rings is 1. The minimum Gasteiger partial charge on any atom is -0.497 e. The van der Waals surface area contributed by atoms with Crippen LogP contribution in [0.3, 0.4) is 0 Å². The summed E-state index contributed by atoms with van der Waals surface area (Å²) in [5.41, 5.74) is 2.80. The van der Waals surface area contributed by atoms with Crippen LogP contribution in [0.25, 0.3) is 10.4 Å². The first-order valence-corrected chi connectivity index (χ1v) is 5.80. The largest absolute Gasteiger partial charge is 0.497 e. The Labute approximate surface area is 102 Å². The molecule has 0 aliphatic heterocycles. The second kappa shape index (κ2) is 4.99. The van der Waals surface area contributed by atoms with Gasteiger partial charge in [0.05, 0.1) is 12.7 Å². The van der Waals surface area contributed by atoms with Gasteiger partial charge < -0.3 is 4.74 Å². The molecule has 0 saturated carbocycles. The Kier molecular flexibility index (Phi) is 3.41. The number of rotatable bonds is 3. The van der Waals surface area contributed by atoms with Crippen LogP contribution in [0.4, 0.5) is 0 Å². The fourth-order valence-electron chi connectivity index (χ4n) is 1.55. The second-order valence-electron chi connectivity index (χ2n) is 3.33. The highest BCUT2D eigenvalue weighted by Crippen LogP contribution is 2.30. The summed E-state index contributed by atoms with van der Waals surface area (Å²) in [6.07, 6.45) is 0. The minimum atomic E-state index is -0.549. The monoisotopic (exact) mass is 249 g/mol. The van der Waals surface area contributed by atoms with Crippen LogP contribution in [-0.4, -0.2) is 18.2 Å². The maximum absolute atomic E-state index is 11.6. The van der Waals surface area contributed by atoms with Crippen LogP contribution >= 0.6 is 11.3 Å². The number of benzene rings is 1. The van der Waals surface area contributed by atoms with Crippen molar-refractivity contribution in [2.75, 3.05) is 7.11 Å². The maximum Gasteiger partial charge on any atom is 0.275 e. The van der Waals surface area contributed by atoms with Crippen molar-refractivity contribution in [2.45, 2.75) is 0 Å². The van der Waals surface area contributed by atoms with E-state index in [-0.39, 0.29) is 0 Å². The summed E-state index contributed by atoms with van der Waals surface area (Å²) in [5.74, 6) is 0.0243. The van der Waals surface area contributed by atoms with Crippen LogP contribution in [0, 0.1) is 0 Å². The van der Waals surface area contributed by atoms with E-state index in [9.17, 15) is 4.79 Å². The Balaban J connectivity index is 2.55. The fraction of sp³-hybridized carbons (Fsp3) is 0.0833. The van der Waals surface area contributed by atoms with Gasteiger partial charge in [0.25, 0.3) is 5.91 Å². The standard InChI is InChI=1S/C12H11NO3S/c1-16-8-4-5-9(11-3-2-6-17-11)10(7-8)12(14)13-15/h2-7,15H,1H3,(H,13,14). The van der Waals surface area contributed by atoms with Crippen molar-refractivity contribution >= 4 is 17.2 Å². The number of hydrogen-bond donors (Lipinski definition) is 2. The summed E-state index contributed by atoms with van der Waals surface area (Å²) >= 11 is 1.53. The van der Waals surface area contributed by atoms with E-state index in [2.05, 4.69) is 0 Å². The second-order valence-corrected chi connectivity index (χ2v) is 4.28. The first-order valence-electron chi connectivity index (χ1n) is 4.92. The van der Waals surface area contributed by atoms with Gasteiger partial charge in [-0.25, -0.2) is 5.48 Å².